The van der Waals surface area contributed by atoms with Gasteiger partial charge in [-0.15, -0.1) is 0 Å². The van der Waals surface area contributed by atoms with Crippen molar-refractivity contribution >= 4 is 0 Å². The molecule has 17 heavy (non-hydrogen) atoms. The molecule has 96 valence electrons. The normalized spacial score (nSPS) is 35.5. The molecule has 0 spiro atoms. The van der Waals surface area contributed by atoms with E-state index in [4.69, 9.17) is 17.2 Å². The maximum atomic E-state index is 6.80. The third kappa shape index (κ3) is 1.21. The van der Waals surface area contributed by atoms with Gasteiger partial charge in [0.15, 0.2) is 5.79 Å². The smallest absolute Gasteiger partial charge is 0.160 e. The van der Waals surface area contributed by atoms with Gasteiger partial charge in [0.2, 0.25) is 0 Å². The third-order valence-corrected chi connectivity index (χ3v) is 4.91. The molecular formula is C11H22N6. The zero-order valence-electron chi connectivity index (χ0n) is 10.2. The van der Waals surface area contributed by atoms with Gasteiger partial charge in [-0.1, -0.05) is 0 Å². The van der Waals surface area contributed by atoms with Crippen LogP contribution >= 0.6 is 0 Å². The van der Waals surface area contributed by atoms with Crippen LogP contribution in [0.25, 0.3) is 0 Å². The highest BCUT2D eigenvalue weighted by Gasteiger charge is 2.73. The van der Waals surface area contributed by atoms with Crippen molar-refractivity contribution in [1.29, 1.82) is 0 Å². The lowest BCUT2D eigenvalue weighted by Crippen LogP contribution is -2.83. The molecule has 0 aromatic heterocycles. The monoisotopic (exact) mass is 238 g/mol. The lowest BCUT2D eigenvalue weighted by molar-refractivity contribution is -0.0640. The van der Waals surface area contributed by atoms with E-state index >= 15 is 0 Å². The lowest BCUT2D eigenvalue weighted by Gasteiger charge is -2.52. The lowest BCUT2D eigenvalue weighted by atomic mass is 9.90. The summed E-state index contributed by atoms with van der Waals surface area (Å²) in [5.41, 5.74) is 19.2. The molecule has 3 heterocycles. The Morgan fingerprint density at radius 3 is 1.47 bits per heavy atom. The summed E-state index contributed by atoms with van der Waals surface area (Å²) in [6, 6.07) is 0. The van der Waals surface area contributed by atoms with Gasteiger partial charge < -0.3 is 11.5 Å². The number of hydrogen-bond donors (Lipinski definition) is 3. The van der Waals surface area contributed by atoms with Crippen LogP contribution in [0.4, 0.5) is 0 Å². The molecule has 6 heteroatoms. The zero-order valence-corrected chi connectivity index (χ0v) is 10.2. The van der Waals surface area contributed by atoms with Crippen molar-refractivity contribution in [1.82, 2.24) is 14.7 Å². The zero-order chi connectivity index (χ0) is 11.9. The first kappa shape index (κ1) is 10.7. The summed E-state index contributed by atoms with van der Waals surface area (Å²) < 4.78 is 0. The fraction of sp³-hybridized carbons (Fsp3) is 1.00. The molecule has 0 aromatic rings. The summed E-state index contributed by atoms with van der Waals surface area (Å²) in [5, 5.41) is 0. The van der Waals surface area contributed by atoms with Crippen LogP contribution in [0.1, 0.15) is 12.8 Å². The average Bonchev–Trinajstić information content (AvgIpc) is 3.13. The van der Waals surface area contributed by atoms with Gasteiger partial charge in [-0.25, -0.2) is 0 Å². The molecule has 4 fully saturated rings. The second-order valence-corrected chi connectivity index (χ2v) is 6.11. The van der Waals surface area contributed by atoms with E-state index in [0.717, 1.165) is 52.1 Å². The van der Waals surface area contributed by atoms with Crippen LogP contribution in [0.5, 0.6) is 0 Å². The predicted molar refractivity (Wildman–Crippen MR) is 64.7 cm³/mol. The second-order valence-electron chi connectivity index (χ2n) is 6.11. The quantitative estimate of drug-likeness (QED) is 0.467. The van der Waals surface area contributed by atoms with Crippen LogP contribution < -0.4 is 17.2 Å². The molecule has 6 N–H and O–H groups in total. The third-order valence-electron chi connectivity index (χ3n) is 4.91. The Bertz CT molecular complexity index is 343. The van der Waals surface area contributed by atoms with Crippen molar-refractivity contribution < 1.29 is 0 Å². The van der Waals surface area contributed by atoms with E-state index in [9.17, 15) is 0 Å². The van der Waals surface area contributed by atoms with Gasteiger partial charge in [0.05, 0.1) is 5.54 Å². The van der Waals surface area contributed by atoms with Crippen LogP contribution in [-0.2, 0) is 0 Å². The molecule has 4 rings (SSSR count). The van der Waals surface area contributed by atoms with E-state index in [2.05, 4.69) is 14.7 Å². The molecule has 0 radical (unpaired) electrons. The van der Waals surface area contributed by atoms with Gasteiger partial charge in [0.25, 0.3) is 0 Å². The van der Waals surface area contributed by atoms with Gasteiger partial charge in [0.1, 0.15) is 5.66 Å². The van der Waals surface area contributed by atoms with E-state index in [1.54, 1.807) is 0 Å². The van der Waals surface area contributed by atoms with E-state index in [1.165, 1.54) is 0 Å². The first-order valence-corrected chi connectivity index (χ1v) is 6.64. The minimum atomic E-state index is -0.576. The summed E-state index contributed by atoms with van der Waals surface area (Å²) in [7, 11) is 0. The first-order valence-electron chi connectivity index (χ1n) is 6.64. The highest BCUT2D eigenvalue weighted by Crippen LogP contribution is 2.52. The molecule has 0 bridgehead atoms. The SMILES string of the molecule is NC1(C(N)(N2CC2)C(N)(N2CC2)N2CC2)CC1. The van der Waals surface area contributed by atoms with Crippen molar-refractivity contribution in [2.45, 2.75) is 29.8 Å². The van der Waals surface area contributed by atoms with Crippen LogP contribution in [0, 0.1) is 0 Å². The second kappa shape index (κ2) is 2.84. The van der Waals surface area contributed by atoms with Crippen LogP contribution in [-0.4, -0.2) is 71.0 Å². The van der Waals surface area contributed by atoms with Crippen LogP contribution in [0.2, 0.25) is 0 Å². The Morgan fingerprint density at radius 2 is 1.18 bits per heavy atom. The first-order chi connectivity index (χ1) is 8.02. The number of nitrogens with two attached hydrogens (primary N) is 3. The highest BCUT2D eigenvalue weighted by molar-refractivity contribution is 5.28. The maximum absolute atomic E-state index is 6.80. The number of rotatable bonds is 5. The highest BCUT2D eigenvalue weighted by atomic mass is 15.6. The fourth-order valence-corrected chi connectivity index (χ4v) is 3.30. The standard InChI is InChI=1S/C11H22N6/c12-9(1-2-9)10(13,15-3-4-15)11(14,16-5-6-16)17-7-8-17/h1-8,12-14H2. The molecule has 1 atom stereocenters. The largest absolute Gasteiger partial charge is 0.322 e. The predicted octanol–water partition coefficient (Wildman–Crippen LogP) is -2.31. The molecule has 1 unspecified atom stereocenters. The van der Waals surface area contributed by atoms with E-state index in [-0.39, 0.29) is 5.54 Å². The number of nitrogens with zero attached hydrogens (tertiary/aromatic N) is 3. The van der Waals surface area contributed by atoms with Crippen LogP contribution in [0.3, 0.4) is 0 Å². The summed E-state index contributed by atoms with van der Waals surface area (Å²) in [6.45, 7) is 6.28. The average molecular weight is 238 g/mol. The fourth-order valence-electron chi connectivity index (χ4n) is 3.30. The van der Waals surface area contributed by atoms with Crippen molar-refractivity contribution in [2.75, 3.05) is 39.3 Å². The van der Waals surface area contributed by atoms with Gasteiger partial charge in [-0.2, -0.15) is 0 Å². The Labute approximate surface area is 102 Å². The van der Waals surface area contributed by atoms with Gasteiger partial charge in [-0.05, 0) is 12.8 Å². The molecule has 0 amide bonds. The molecule has 0 aromatic carbocycles. The minimum absolute atomic E-state index is 0.288. The Kier molecular flexibility index (Phi) is 1.78. The van der Waals surface area contributed by atoms with Gasteiger partial charge in [-0.3, -0.25) is 20.4 Å². The molecule has 6 nitrogen and oxygen atoms in total. The molecular weight excluding hydrogens is 216 g/mol. The molecule has 4 aliphatic rings. The molecule has 3 saturated heterocycles. The van der Waals surface area contributed by atoms with Gasteiger partial charge >= 0.3 is 0 Å². The minimum Gasteiger partial charge on any atom is -0.322 e. The topological polar surface area (TPSA) is 87.1 Å². The summed E-state index contributed by atoms with van der Waals surface area (Å²) in [6.07, 6.45) is 2.00. The van der Waals surface area contributed by atoms with E-state index in [0.29, 0.717) is 0 Å². The Balaban J connectivity index is 1.77. The Morgan fingerprint density at radius 1 is 0.765 bits per heavy atom. The number of hydrogen-bond acceptors (Lipinski definition) is 6. The van der Waals surface area contributed by atoms with Crippen molar-refractivity contribution in [3.8, 4) is 0 Å². The van der Waals surface area contributed by atoms with Crippen LogP contribution in [0.15, 0.2) is 0 Å². The summed E-state index contributed by atoms with van der Waals surface area (Å²) in [5.74, 6) is -0.547. The molecule has 1 aliphatic carbocycles. The summed E-state index contributed by atoms with van der Waals surface area (Å²) >= 11 is 0. The maximum Gasteiger partial charge on any atom is 0.160 e. The van der Waals surface area contributed by atoms with E-state index < -0.39 is 11.4 Å². The van der Waals surface area contributed by atoms with E-state index in [1.807, 2.05) is 0 Å². The van der Waals surface area contributed by atoms with Gasteiger partial charge in [0, 0.05) is 39.3 Å². The molecule has 3 aliphatic heterocycles. The Hall–Kier alpha value is -0.240. The molecule has 1 saturated carbocycles. The van der Waals surface area contributed by atoms with Crippen molar-refractivity contribution in [2.24, 2.45) is 17.2 Å². The summed E-state index contributed by atoms with van der Waals surface area (Å²) in [4.78, 5) is 6.84. The van der Waals surface area contributed by atoms with Crippen molar-refractivity contribution in [3.63, 3.8) is 0 Å². The van der Waals surface area contributed by atoms with Crippen molar-refractivity contribution in [3.05, 3.63) is 0 Å².